The van der Waals surface area contributed by atoms with Crippen molar-refractivity contribution >= 4 is 0 Å². The number of fused-ring (bicyclic) bond motifs is 2. The molecule has 0 aromatic heterocycles. The first-order valence-corrected chi connectivity index (χ1v) is 3.59. The molecule has 3 fully saturated rings. The lowest BCUT2D eigenvalue weighted by Crippen LogP contribution is -2.03. The molecule has 0 N–H and O–H groups in total. The van der Waals surface area contributed by atoms with E-state index in [1.165, 1.54) is 19.3 Å². The summed E-state index contributed by atoms with van der Waals surface area (Å²) in [5, 5.41) is 0. The smallest absolute Gasteiger partial charge is 0.0844 e. The molecule has 0 aromatic carbocycles. The molecule has 3 rings (SSSR count). The van der Waals surface area contributed by atoms with Crippen LogP contribution in [0.1, 0.15) is 19.3 Å². The summed E-state index contributed by atoms with van der Waals surface area (Å²) in [4.78, 5) is 0. The Morgan fingerprint density at radius 1 is 0.875 bits per heavy atom. The third-order valence-electron chi connectivity index (χ3n) is 2.83. The Kier molecular flexibility index (Phi) is 0.472. The highest BCUT2D eigenvalue weighted by molar-refractivity contribution is 5.03. The molecule has 4 atom stereocenters. The van der Waals surface area contributed by atoms with Crippen LogP contribution in [-0.4, -0.2) is 12.2 Å². The molecule has 3 aliphatic rings. The van der Waals surface area contributed by atoms with Crippen LogP contribution in [0.25, 0.3) is 0 Å². The van der Waals surface area contributed by atoms with Crippen LogP contribution in [0, 0.1) is 11.8 Å². The second-order valence-electron chi connectivity index (χ2n) is 3.44. The van der Waals surface area contributed by atoms with E-state index in [0.717, 1.165) is 24.0 Å². The van der Waals surface area contributed by atoms with Gasteiger partial charge in [0.2, 0.25) is 0 Å². The van der Waals surface area contributed by atoms with E-state index in [-0.39, 0.29) is 0 Å². The zero-order valence-corrected chi connectivity index (χ0v) is 4.84. The van der Waals surface area contributed by atoms with E-state index in [1.807, 2.05) is 0 Å². The van der Waals surface area contributed by atoms with Crippen LogP contribution in [0.15, 0.2) is 0 Å². The minimum Gasteiger partial charge on any atom is -0.370 e. The van der Waals surface area contributed by atoms with Crippen molar-refractivity contribution in [2.45, 2.75) is 31.5 Å². The van der Waals surface area contributed by atoms with Crippen molar-refractivity contribution in [3.63, 3.8) is 0 Å². The molecule has 1 nitrogen and oxygen atoms in total. The topological polar surface area (TPSA) is 12.5 Å². The van der Waals surface area contributed by atoms with Crippen LogP contribution < -0.4 is 0 Å². The molecule has 44 valence electrons. The van der Waals surface area contributed by atoms with Gasteiger partial charge >= 0.3 is 0 Å². The Bertz CT molecular complexity index is 104. The Hall–Kier alpha value is -0.0400. The third-order valence-corrected chi connectivity index (χ3v) is 2.83. The maximum Gasteiger partial charge on any atom is 0.0844 e. The van der Waals surface area contributed by atoms with Gasteiger partial charge in [0.05, 0.1) is 12.2 Å². The molecule has 0 aromatic rings. The van der Waals surface area contributed by atoms with Gasteiger partial charge in [0.15, 0.2) is 0 Å². The molecule has 1 heteroatoms. The van der Waals surface area contributed by atoms with Gasteiger partial charge in [-0.15, -0.1) is 0 Å². The second-order valence-corrected chi connectivity index (χ2v) is 3.44. The Balaban J connectivity index is 1.85. The summed E-state index contributed by atoms with van der Waals surface area (Å²) in [6, 6.07) is 0. The third kappa shape index (κ3) is 0.368. The van der Waals surface area contributed by atoms with Crippen molar-refractivity contribution in [3.05, 3.63) is 0 Å². The van der Waals surface area contributed by atoms with Crippen molar-refractivity contribution < 1.29 is 4.74 Å². The maximum atomic E-state index is 5.38. The molecular weight excluding hydrogens is 100 g/mol. The molecule has 0 amide bonds. The highest BCUT2D eigenvalue weighted by Gasteiger charge is 2.54. The number of hydrogen-bond donors (Lipinski definition) is 0. The minimum absolute atomic E-state index is 0.721. The van der Waals surface area contributed by atoms with E-state index in [1.54, 1.807) is 0 Å². The van der Waals surface area contributed by atoms with Crippen molar-refractivity contribution in [1.82, 2.24) is 0 Å². The summed E-state index contributed by atoms with van der Waals surface area (Å²) in [7, 11) is 0. The van der Waals surface area contributed by atoms with Crippen LogP contribution in [-0.2, 0) is 4.74 Å². The predicted octanol–water partition coefficient (Wildman–Crippen LogP) is 1.18. The normalized spacial score (nSPS) is 66.0. The van der Waals surface area contributed by atoms with Crippen LogP contribution in [0.5, 0.6) is 0 Å². The summed E-state index contributed by atoms with van der Waals surface area (Å²) < 4.78 is 5.38. The zero-order chi connectivity index (χ0) is 5.14. The Morgan fingerprint density at radius 3 is 2.12 bits per heavy atom. The zero-order valence-electron chi connectivity index (χ0n) is 4.84. The van der Waals surface area contributed by atoms with Crippen molar-refractivity contribution in [2.75, 3.05) is 0 Å². The quantitative estimate of drug-likeness (QED) is 0.427. The standard InChI is InChI=1S/C7H10O/c1-4-2-6-7(8-6)3-5(1)4/h4-7H,1-3H2/t4-,5-,6+,7+/m0/s1. The summed E-state index contributed by atoms with van der Waals surface area (Å²) in [6.07, 6.45) is 5.76. The molecule has 0 radical (unpaired) electrons. The molecule has 8 heavy (non-hydrogen) atoms. The SMILES string of the molecule is C1[C@H]2C[C@H]3O[C@@H]3C[C@H]12. The monoisotopic (exact) mass is 110 g/mol. The highest BCUT2D eigenvalue weighted by atomic mass is 16.6. The van der Waals surface area contributed by atoms with E-state index >= 15 is 0 Å². The van der Waals surface area contributed by atoms with E-state index in [4.69, 9.17) is 4.74 Å². The van der Waals surface area contributed by atoms with Crippen molar-refractivity contribution in [3.8, 4) is 0 Å². The van der Waals surface area contributed by atoms with Gasteiger partial charge in [0, 0.05) is 0 Å². The molecule has 1 saturated heterocycles. The summed E-state index contributed by atoms with van der Waals surface area (Å²) >= 11 is 0. The molecule has 1 heterocycles. The molecule has 1 aliphatic heterocycles. The molecule has 2 saturated carbocycles. The average molecular weight is 110 g/mol. The molecule has 0 spiro atoms. The first kappa shape index (κ1) is 3.89. The van der Waals surface area contributed by atoms with Gasteiger partial charge in [-0.25, -0.2) is 0 Å². The van der Waals surface area contributed by atoms with Gasteiger partial charge in [0.1, 0.15) is 0 Å². The Morgan fingerprint density at radius 2 is 1.50 bits per heavy atom. The number of epoxide rings is 1. The van der Waals surface area contributed by atoms with Crippen LogP contribution >= 0.6 is 0 Å². The second kappa shape index (κ2) is 0.971. The number of ether oxygens (including phenoxy) is 1. The van der Waals surface area contributed by atoms with E-state index < -0.39 is 0 Å². The number of hydrogen-bond acceptors (Lipinski definition) is 1. The van der Waals surface area contributed by atoms with Gasteiger partial charge in [-0.3, -0.25) is 0 Å². The highest BCUT2D eigenvalue weighted by Crippen LogP contribution is 2.55. The first-order chi connectivity index (χ1) is 3.93. The molecular formula is C7H10O. The fourth-order valence-electron chi connectivity index (χ4n) is 2.08. The summed E-state index contributed by atoms with van der Waals surface area (Å²) in [5.74, 6) is 2.19. The summed E-state index contributed by atoms with van der Waals surface area (Å²) in [5.41, 5.74) is 0. The van der Waals surface area contributed by atoms with E-state index in [2.05, 4.69) is 0 Å². The fourth-order valence-corrected chi connectivity index (χ4v) is 2.08. The lowest BCUT2D eigenvalue weighted by Gasteiger charge is -1.99. The van der Waals surface area contributed by atoms with Crippen LogP contribution in [0.3, 0.4) is 0 Å². The Labute approximate surface area is 49.0 Å². The fraction of sp³-hybridized carbons (Fsp3) is 1.00. The van der Waals surface area contributed by atoms with Crippen LogP contribution in [0.2, 0.25) is 0 Å². The van der Waals surface area contributed by atoms with Crippen molar-refractivity contribution in [2.24, 2.45) is 11.8 Å². The van der Waals surface area contributed by atoms with Gasteiger partial charge in [-0.2, -0.15) is 0 Å². The van der Waals surface area contributed by atoms with Gasteiger partial charge in [-0.05, 0) is 31.1 Å². The summed E-state index contributed by atoms with van der Waals surface area (Å²) in [6.45, 7) is 0. The van der Waals surface area contributed by atoms with E-state index in [9.17, 15) is 0 Å². The van der Waals surface area contributed by atoms with Crippen LogP contribution in [0.4, 0.5) is 0 Å². The largest absolute Gasteiger partial charge is 0.370 e. The van der Waals surface area contributed by atoms with Gasteiger partial charge in [-0.1, -0.05) is 0 Å². The average Bonchev–Trinajstić information content (AvgIpc) is 2.45. The maximum absolute atomic E-state index is 5.38. The molecule has 2 aliphatic carbocycles. The van der Waals surface area contributed by atoms with Crippen molar-refractivity contribution in [1.29, 1.82) is 0 Å². The lowest BCUT2D eigenvalue weighted by molar-refractivity contribution is 0.363. The lowest BCUT2D eigenvalue weighted by atomic mass is 10.0. The molecule has 0 bridgehead atoms. The first-order valence-electron chi connectivity index (χ1n) is 3.59. The van der Waals surface area contributed by atoms with E-state index in [0.29, 0.717) is 0 Å². The molecule has 0 unspecified atom stereocenters. The van der Waals surface area contributed by atoms with Gasteiger partial charge < -0.3 is 4.74 Å². The predicted molar refractivity (Wildman–Crippen MR) is 29.5 cm³/mol. The number of rotatable bonds is 0. The minimum atomic E-state index is 0.721. The van der Waals surface area contributed by atoms with Gasteiger partial charge in [0.25, 0.3) is 0 Å².